The molecule has 32 heavy (non-hydrogen) atoms. The van der Waals surface area contributed by atoms with Crippen molar-refractivity contribution in [2.45, 2.75) is 50.1 Å². The SMILES string of the molecule is CN(C1CCS(=O)(=O)CC1)S(=O)(=O)c1ccc(-c2ccnc3[nH]c(C(C)(C)C)cc23)cn1. The van der Waals surface area contributed by atoms with E-state index in [1.165, 1.54) is 17.4 Å². The second kappa shape index (κ2) is 7.93. The van der Waals surface area contributed by atoms with E-state index < -0.39 is 19.9 Å². The predicted molar refractivity (Wildman–Crippen MR) is 125 cm³/mol. The first-order chi connectivity index (χ1) is 14.9. The Hall–Kier alpha value is -2.30. The molecule has 0 saturated carbocycles. The molecule has 0 radical (unpaired) electrons. The van der Waals surface area contributed by atoms with Crippen molar-refractivity contribution in [3.8, 4) is 11.1 Å². The summed E-state index contributed by atoms with van der Waals surface area (Å²) in [6.45, 7) is 6.37. The standard InChI is InChI=1S/C22H28N4O4S2/c1-22(2,3)19-13-18-17(7-10-23-21(18)25-19)15-5-6-20(24-14-15)32(29,30)26(4)16-8-11-31(27,28)12-9-16/h5-7,10,13-14,16H,8-9,11-12H2,1-4H3,(H,23,25). The highest BCUT2D eigenvalue weighted by Gasteiger charge is 2.33. The van der Waals surface area contributed by atoms with E-state index in [-0.39, 0.29) is 28.0 Å². The van der Waals surface area contributed by atoms with Gasteiger partial charge in [-0.05, 0) is 42.7 Å². The van der Waals surface area contributed by atoms with Crippen molar-refractivity contribution in [3.05, 3.63) is 42.4 Å². The lowest BCUT2D eigenvalue weighted by Crippen LogP contribution is -2.42. The monoisotopic (exact) mass is 476 g/mol. The number of fused-ring (bicyclic) bond motifs is 1. The first-order valence-electron chi connectivity index (χ1n) is 10.5. The summed E-state index contributed by atoms with van der Waals surface area (Å²) in [6.07, 6.45) is 3.88. The normalized spacial score (nSPS) is 17.8. The molecule has 0 aromatic carbocycles. The fourth-order valence-corrected chi connectivity index (χ4v) is 6.75. The maximum absolute atomic E-state index is 13.1. The van der Waals surface area contributed by atoms with Crippen LogP contribution in [0.3, 0.4) is 0 Å². The van der Waals surface area contributed by atoms with Crippen LogP contribution in [0, 0.1) is 0 Å². The summed E-state index contributed by atoms with van der Waals surface area (Å²) < 4.78 is 50.7. The van der Waals surface area contributed by atoms with Gasteiger partial charge in [-0.15, -0.1) is 0 Å². The maximum atomic E-state index is 13.1. The van der Waals surface area contributed by atoms with Gasteiger partial charge < -0.3 is 4.98 Å². The van der Waals surface area contributed by atoms with Gasteiger partial charge in [-0.25, -0.2) is 26.8 Å². The Morgan fingerprint density at radius 1 is 1.09 bits per heavy atom. The quantitative estimate of drug-likeness (QED) is 0.619. The topological polar surface area (TPSA) is 113 Å². The minimum absolute atomic E-state index is 0.00908. The Balaban J connectivity index is 1.63. The van der Waals surface area contributed by atoms with Crippen LogP contribution < -0.4 is 0 Å². The molecule has 3 aromatic heterocycles. The summed E-state index contributed by atoms with van der Waals surface area (Å²) in [7, 11) is -5.40. The number of hydrogen-bond donors (Lipinski definition) is 1. The van der Waals surface area contributed by atoms with E-state index in [4.69, 9.17) is 0 Å². The lowest BCUT2D eigenvalue weighted by atomic mass is 9.92. The first kappa shape index (κ1) is 22.9. The fraction of sp³-hybridized carbons (Fsp3) is 0.455. The number of hydrogen-bond acceptors (Lipinski definition) is 6. The minimum Gasteiger partial charge on any atom is -0.343 e. The first-order valence-corrected chi connectivity index (χ1v) is 13.8. The minimum atomic E-state index is -3.82. The van der Waals surface area contributed by atoms with Crippen LogP contribution in [0.4, 0.5) is 0 Å². The number of aromatic amines is 1. The third-order valence-corrected chi connectivity index (χ3v) is 9.61. The molecule has 0 spiro atoms. The molecule has 1 N–H and O–H groups in total. The molecule has 172 valence electrons. The van der Waals surface area contributed by atoms with Crippen LogP contribution in [0.5, 0.6) is 0 Å². The van der Waals surface area contributed by atoms with Crippen LogP contribution in [0.25, 0.3) is 22.2 Å². The Morgan fingerprint density at radius 2 is 1.78 bits per heavy atom. The second-order valence-corrected chi connectivity index (χ2v) is 13.6. The molecular weight excluding hydrogens is 448 g/mol. The van der Waals surface area contributed by atoms with Gasteiger partial charge in [0.15, 0.2) is 5.03 Å². The molecule has 1 fully saturated rings. The Morgan fingerprint density at radius 3 is 2.38 bits per heavy atom. The molecule has 1 aliphatic heterocycles. The number of sulfonamides is 1. The van der Waals surface area contributed by atoms with Gasteiger partial charge in [-0.2, -0.15) is 4.31 Å². The average Bonchev–Trinajstić information content (AvgIpc) is 3.18. The van der Waals surface area contributed by atoms with Crippen molar-refractivity contribution in [3.63, 3.8) is 0 Å². The summed E-state index contributed by atoms with van der Waals surface area (Å²) in [5.74, 6) is 0.0182. The molecule has 0 unspecified atom stereocenters. The zero-order valence-electron chi connectivity index (χ0n) is 18.7. The molecule has 8 nitrogen and oxygen atoms in total. The molecule has 0 aliphatic carbocycles. The van der Waals surface area contributed by atoms with E-state index in [1.807, 2.05) is 6.07 Å². The summed E-state index contributed by atoms with van der Waals surface area (Å²) in [4.78, 5) is 12.0. The van der Waals surface area contributed by atoms with Crippen LogP contribution in [-0.4, -0.2) is 60.7 Å². The molecule has 0 bridgehead atoms. The number of aromatic nitrogens is 3. The molecule has 0 atom stereocenters. The molecule has 4 rings (SSSR count). The highest BCUT2D eigenvalue weighted by atomic mass is 32.2. The van der Waals surface area contributed by atoms with Crippen LogP contribution in [-0.2, 0) is 25.3 Å². The van der Waals surface area contributed by atoms with E-state index in [2.05, 4.69) is 41.8 Å². The van der Waals surface area contributed by atoms with Crippen molar-refractivity contribution in [1.82, 2.24) is 19.3 Å². The Bertz CT molecular complexity index is 1340. The van der Waals surface area contributed by atoms with Gasteiger partial charge in [0.1, 0.15) is 15.5 Å². The van der Waals surface area contributed by atoms with Gasteiger partial charge in [-0.1, -0.05) is 20.8 Å². The van der Waals surface area contributed by atoms with Crippen LogP contribution in [0.2, 0.25) is 0 Å². The largest absolute Gasteiger partial charge is 0.343 e. The van der Waals surface area contributed by atoms with Crippen LogP contribution in [0.15, 0.2) is 41.7 Å². The van der Waals surface area contributed by atoms with Gasteiger partial charge in [0.05, 0.1) is 11.5 Å². The van der Waals surface area contributed by atoms with Gasteiger partial charge in [0.2, 0.25) is 0 Å². The molecule has 0 amide bonds. The number of H-pyrrole nitrogens is 1. The number of pyridine rings is 2. The highest BCUT2D eigenvalue weighted by Crippen LogP contribution is 2.32. The molecule has 3 aromatic rings. The van der Waals surface area contributed by atoms with Crippen LogP contribution >= 0.6 is 0 Å². The van der Waals surface area contributed by atoms with Crippen molar-refractivity contribution < 1.29 is 16.8 Å². The molecule has 1 aliphatic rings. The summed E-state index contributed by atoms with van der Waals surface area (Å²) >= 11 is 0. The zero-order chi connectivity index (χ0) is 23.3. The third-order valence-electron chi connectivity index (χ3n) is 6.07. The fourth-order valence-electron chi connectivity index (χ4n) is 3.96. The van der Waals surface area contributed by atoms with Crippen molar-refractivity contribution in [2.24, 2.45) is 0 Å². The maximum Gasteiger partial charge on any atom is 0.260 e. The lowest BCUT2D eigenvalue weighted by molar-refractivity contribution is 0.341. The van der Waals surface area contributed by atoms with E-state index in [0.717, 1.165) is 27.9 Å². The summed E-state index contributed by atoms with van der Waals surface area (Å²) in [5.41, 5.74) is 3.50. The van der Waals surface area contributed by atoms with Crippen molar-refractivity contribution in [1.29, 1.82) is 0 Å². The van der Waals surface area contributed by atoms with E-state index in [9.17, 15) is 16.8 Å². The number of nitrogens with one attached hydrogen (secondary N) is 1. The van der Waals surface area contributed by atoms with Gasteiger partial charge in [-0.3, -0.25) is 0 Å². The molecule has 4 heterocycles. The second-order valence-electron chi connectivity index (χ2n) is 9.34. The highest BCUT2D eigenvalue weighted by molar-refractivity contribution is 7.91. The smallest absolute Gasteiger partial charge is 0.260 e. The molecular formula is C22H28N4O4S2. The number of rotatable bonds is 4. The molecule has 1 saturated heterocycles. The predicted octanol–water partition coefficient (Wildman–Crippen LogP) is 3.12. The zero-order valence-corrected chi connectivity index (χ0v) is 20.3. The Labute approximate surface area is 189 Å². The van der Waals surface area contributed by atoms with Gasteiger partial charge in [0, 0.05) is 47.5 Å². The van der Waals surface area contributed by atoms with Crippen molar-refractivity contribution in [2.75, 3.05) is 18.6 Å². The van der Waals surface area contributed by atoms with E-state index in [0.29, 0.717) is 12.8 Å². The lowest BCUT2D eigenvalue weighted by Gasteiger charge is -2.30. The van der Waals surface area contributed by atoms with Gasteiger partial charge in [0.25, 0.3) is 10.0 Å². The van der Waals surface area contributed by atoms with Crippen molar-refractivity contribution >= 4 is 30.9 Å². The Kier molecular flexibility index (Phi) is 5.67. The number of nitrogens with zero attached hydrogens (tertiary/aromatic N) is 3. The van der Waals surface area contributed by atoms with E-state index in [1.54, 1.807) is 18.5 Å². The number of sulfone groups is 1. The van der Waals surface area contributed by atoms with Gasteiger partial charge >= 0.3 is 0 Å². The average molecular weight is 477 g/mol. The molecule has 10 heteroatoms. The summed E-state index contributed by atoms with van der Waals surface area (Å²) in [5, 5.41) is 0.905. The van der Waals surface area contributed by atoms with E-state index >= 15 is 0 Å². The van der Waals surface area contributed by atoms with Crippen LogP contribution in [0.1, 0.15) is 39.3 Å². The third kappa shape index (κ3) is 4.31. The summed E-state index contributed by atoms with van der Waals surface area (Å²) in [6, 6.07) is 6.87.